The van der Waals surface area contributed by atoms with E-state index in [-0.39, 0.29) is 12.0 Å². The van der Waals surface area contributed by atoms with Gasteiger partial charge in [0.15, 0.2) is 10.8 Å². The number of nitrogens with zero attached hydrogens (tertiary/aromatic N) is 5. The maximum Gasteiger partial charge on any atom is 0.410 e. The Bertz CT molecular complexity index is 990. The second kappa shape index (κ2) is 7.66. The van der Waals surface area contributed by atoms with Gasteiger partial charge >= 0.3 is 6.09 Å². The van der Waals surface area contributed by atoms with Crippen molar-refractivity contribution in [3.05, 3.63) is 27.5 Å². The van der Waals surface area contributed by atoms with Gasteiger partial charge in [0, 0.05) is 55.7 Å². The van der Waals surface area contributed by atoms with Crippen molar-refractivity contribution in [3.8, 4) is 0 Å². The largest absolute Gasteiger partial charge is 0.444 e. The molecule has 2 aromatic rings. The topological polar surface area (TPSA) is 92.6 Å². The summed E-state index contributed by atoms with van der Waals surface area (Å²) >= 11 is 1.51. The van der Waals surface area contributed by atoms with Gasteiger partial charge in [0.25, 0.3) is 5.91 Å². The number of rotatable bonds is 2. The first kappa shape index (κ1) is 20.8. The molecule has 2 aliphatic rings. The van der Waals surface area contributed by atoms with E-state index in [0.717, 1.165) is 36.5 Å². The number of anilines is 1. The molecule has 1 N–H and O–H groups in total. The number of hydrogen-bond acceptors (Lipinski definition) is 7. The standard InChI is InChI=1S/C20H28N6O3S/c1-20(2,3)29-19(28)26-9-7-14-12(10-26)16(23-25(14)5)17(27)22-18-21-13-6-8-24(4)11-15(13)30-18/h6-11H2,1-5H3,(H,21,22,27). The SMILES string of the molecule is CN1CCc2nc(NC(=O)c3nn(C)c4c3CN(C(=O)OC(C)(C)C)CC4)sc2C1. The average Bonchev–Trinajstić information content (AvgIpc) is 3.20. The number of amides is 2. The number of fused-ring (bicyclic) bond motifs is 2. The Labute approximate surface area is 180 Å². The van der Waals surface area contributed by atoms with Gasteiger partial charge in [-0.15, -0.1) is 11.3 Å². The summed E-state index contributed by atoms with van der Waals surface area (Å²) in [5.74, 6) is -0.294. The van der Waals surface area contributed by atoms with E-state index in [4.69, 9.17) is 4.74 Å². The molecule has 10 heteroatoms. The molecule has 9 nitrogen and oxygen atoms in total. The Morgan fingerprint density at radius 3 is 2.63 bits per heavy atom. The van der Waals surface area contributed by atoms with Crippen LogP contribution >= 0.6 is 11.3 Å². The lowest BCUT2D eigenvalue weighted by Crippen LogP contribution is -2.40. The molecule has 2 aromatic heterocycles. The summed E-state index contributed by atoms with van der Waals surface area (Å²) in [4.78, 5) is 35.2. The van der Waals surface area contributed by atoms with Crippen molar-refractivity contribution in [2.75, 3.05) is 25.5 Å². The average molecular weight is 433 g/mol. The van der Waals surface area contributed by atoms with Crippen LogP contribution in [0.4, 0.5) is 9.93 Å². The van der Waals surface area contributed by atoms with Crippen molar-refractivity contribution < 1.29 is 14.3 Å². The third-order valence-electron chi connectivity index (χ3n) is 5.25. The van der Waals surface area contributed by atoms with E-state index in [0.29, 0.717) is 30.3 Å². The number of thiazole rings is 1. The monoisotopic (exact) mass is 432 g/mol. The van der Waals surface area contributed by atoms with Gasteiger partial charge in [-0.3, -0.25) is 14.8 Å². The summed E-state index contributed by atoms with van der Waals surface area (Å²) in [5.41, 5.74) is 2.58. The predicted molar refractivity (Wildman–Crippen MR) is 114 cm³/mol. The number of aryl methyl sites for hydroxylation is 1. The van der Waals surface area contributed by atoms with Crippen LogP contribution in [0.2, 0.25) is 0 Å². The van der Waals surface area contributed by atoms with Gasteiger partial charge in [0.2, 0.25) is 0 Å². The molecule has 2 aliphatic heterocycles. The van der Waals surface area contributed by atoms with E-state index in [2.05, 4.69) is 27.3 Å². The first-order chi connectivity index (χ1) is 14.1. The zero-order valence-corrected chi connectivity index (χ0v) is 18.9. The van der Waals surface area contributed by atoms with Crippen LogP contribution in [0.1, 0.15) is 53.1 Å². The predicted octanol–water partition coefficient (Wildman–Crippen LogP) is 2.41. The molecule has 2 amide bonds. The molecule has 0 aromatic carbocycles. The molecule has 4 rings (SSSR count). The molecule has 30 heavy (non-hydrogen) atoms. The molecular formula is C20H28N6O3S. The maximum atomic E-state index is 13.0. The highest BCUT2D eigenvalue weighted by Gasteiger charge is 2.32. The number of hydrogen-bond donors (Lipinski definition) is 1. The van der Waals surface area contributed by atoms with Crippen molar-refractivity contribution in [1.29, 1.82) is 0 Å². The van der Waals surface area contributed by atoms with Crippen LogP contribution in [0.25, 0.3) is 0 Å². The molecule has 0 aliphatic carbocycles. The molecule has 0 bridgehead atoms. The molecule has 4 heterocycles. The molecular weight excluding hydrogens is 404 g/mol. The number of likely N-dealkylation sites (N-methyl/N-ethyl adjacent to an activating group) is 1. The Morgan fingerprint density at radius 1 is 1.13 bits per heavy atom. The fourth-order valence-electron chi connectivity index (χ4n) is 3.79. The second-order valence-corrected chi connectivity index (χ2v) is 9.96. The smallest absolute Gasteiger partial charge is 0.410 e. The highest BCUT2D eigenvalue weighted by Crippen LogP contribution is 2.29. The van der Waals surface area contributed by atoms with Crippen LogP contribution in [0.3, 0.4) is 0 Å². The van der Waals surface area contributed by atoms with Crippen LogP contribution in [-0.2, 0) is 37.7 Å². The minimum atomic E-state index is -0.565. The first-order valence-corrected chi connectivity index (χ1v) is 10.9. The van der Waals surface area contributed by atoms with E-state index in [1.807, 2.05) is 27.8 Å². The Hall–Kier alpha value is -2.46. The molecule has 0 atom stereocenters. The Kier molecular flexibility index (Phi) is 5.31. The summed E-state index contributed by atoms with van der Waals surface area (Å²) in [6.45, 7) is 8.19. The van der Waals surface area contributed by atoms with E-state index < -0.39 is 5.60 Å². The van der Waals surface area contributed by atoms with Gasteiger partial charge in [-0.1, -0.05) is 0 Å². The summed E-state index contributed by atoms with van der Waals surface area (Å²) in [5, 5.41) is 7.96. The minimum absolute atomic E-state index is 0.294. The molecule has 162 valence electrons. The van der Waals surface area contributed by atoms with Crippen molar-refractivity contribution >= 4 is 28.5 Å². The third kappa shape index (κ3) is 4.20. The molecule has 0 spiro atoms. The Balaban J connectivity index is 1.52. The maximum absolute atomic E-state index is 13.0. The number of carbonyl (C=O) groups excluding carboxylic acids is 2. The number of aromatic nitrogens is 3. The van der Waals surface area contributed by atoms with Gasteiger partial charge in [0.1, 0.15) is 5.60 Å². The van der Waals surface area contributed by atoms with Gasteiger partial charge in [-0.05, 0) is 27.8 Å². The normalized spacial score (nSPS) is 16.8. The molecule has 0 radical (unpaired) electrons. The molecule has 0 saturated carbocycles. The van der Waals surface area contributed by atoms with Crippen LogP contribution in [0.15, 0.2) is 0 Å². The summed E-state index contributed by atoms with van der Waals surface area (Å²) < 4.78 is 7.23. The van der Waals surface area contributed by atoms with Crippen LogP contribution in [0.5, 0.6) is 0 Å². The van der Waals surface area contributed by atoms with Crippen molar-refractivity contribution in [1.82, 2.24) is 24.6 Å². The highest BCUT2D eigenvalue weighted by molar-refractivity contribution is 7.15. The van der Waals surface area contributed by atoms with Crippen molar-refractivity contribution in [2.45, 2.75) is 52.3 Å². The van der Waals surface area contributed by atoms with Crippen LogP contribution in [-0.4, -0.2) is 62.3 Å². The van der Waals surface area contributed by atoms with Gasteiger partial charge in [-0.2, -0.15) is 5.10 Å². The van der Waals surface area contributed by atoms with Crippen molar-refractivity contribution in [3.63, 3.8) is 0 Å². The molecule has 0 fully saturated rings. The zero-order chi connectivity index (χ0) is 21.6. The van der Waals surface area contributed by atoms with Crippen LogP contribution in [0, 0.1) is 0 Å². The number of carbonyl (C=O) groups is 2. The lowest BCUT2D eigenvalue weighted by atomic mass is 10.1. The summed E-state index contributed by atoms with van der Waals surface area (Å²) in [6, 6.07) is 0. The van der Waals surface area contributed by atoms with E-state index in [1.54, 1.807) is 9.58 Å². The van der Waals surface area contributed by atoms with Gasteiger partial charge in [-0.25, -0.2) is 9.78 Å². The quantitative estimate of drug-likeness (QED) is 0.784. The summed E-state index contributed by atoms with van der Waals surface area (Å²) in [6.07, 6.45) is 1.14. The van der Waals surface area contributed by atoms with E-state index in [9.17, 15) is 9.59 Å². The van der Waals surface area contributed by atoms with E-state index in [1.165, 1.54) is 16.2 Å². The fraction of sp³-hybridized carbons (Fsp3) is 0.600. The van der Waals surface area contributed by atoms with Crippen LogP contribution < -0.4 is 5.32 Å². The second-order valence-electron chi connectivity index (χ2n) is 8.88. The minimum Gasteiger partial charge on any atom is -0.444 e. The highest BCUT2D eigenvalue weighted by atomic mass is 32.1. The molecule has 0 saturated heterocycles. The van der Waals surface area contributed by atoms with E-state index >= 15 is 0 Å². The van der Waals surface area contributed by atoms with Crippen molar-refractivity contribution in [2.24, 2.45) is 7.05 Å². The Morgan fingerprint density at radius 2 is 1.90 bits per heavy atom. The van der Waals surface area contributed by atoms with Gasteiger partial charge in [0.05, 0.1) is 12.2 Å². The zero-order valence-electron chi connectivity index (χ0n) is 18.1. The first-order valence-electron chi connectivity index (χ1n) is 10.1. The third-order valence-corrected chi connectivity index (χ3v) is 6.25. The number of nitrogens with one attached hydrogen (secondary N) is 1. The molecule has 0 unspecified atom stereocenters. The number of ether oxygens (including phenoxy) is 1. The lowest BCUT2D eigenvalue weighted by Gasteiger charge is -2.30. The fourth-order valence-corrected chi connectivity index (χ4v) is 4.87. The lowest BCUT2D eigenvalue weighted by molar-refractivity contribution is 0.0222. The van der Waals surface area contributed by atoms with Gasteiger partial charge < -0.3 is 14.5 Å². The summed E-state index contributed by atoms with van der Waals surface area (Å²) in [7, 11) is 3.91.